The number of carbonyl (C=O) groups excluding carboxylic acids is 1. The number of aliphatic hydroxyl groups is 1. The maximum Gasteiger partial charge on any atom is 0.244 e. The molecule has 0 unspecified atom stereocenters. The zero-order valence-electron chi connectivity index (χ0n) is 13.3. The van der Waals surface area contributed by atoms with Crippen LogP contribution in [-0.4, -0.2) is 40.3 Å². The van der Waals surface area contributed by atoms with Crippen LogP contribution in [0, 0.1) is 10.8 Å². The smallest absolute Gasteiger partial charge is 0.244 e. The minimum absolute atomic E-state index is 0.118. The molecule has 1 saturated carbocycles. The van der Waals surface area contributed by atoms with Gasteiger partial charge in [0.2, 0.25) is 5.91 Å². The Morgan fingerprint density at radius 1 is 1.29 bits per heavy atom. The van der Waals surface area contributed by atoms with E-state index in [2.05, 4.69) is 10.2 Å². The Balaban J connectivity index is 1.89. The number of nitrogens with zero attached hydrogens (tertiary/aromatic N) is 1. The van der Waals surface area contributed by atoms with Gasteiger partial charge in [0.05, 0.1) is 6.04 Å². The molecule has 1 heterocycles. The summed E-state index contributed by atoms with van der Waals surface area (Å²) in [7, 11) is 0. The summed E-state index contributed by atoms with van der Waals surface area (Å²) in [4.78, 5) is 14.5. The van der Waals surface area contributed by atoms with Crippen molar-refractivity contribution in [3.05, 3.63) is 12.0 Å². The third-order valence-electron chi connectivity index (χ3n) is 4.50. The molecule has 0 aromatic rings. The second kappa shape index (κ2) is 6.18. The summed E-state index contributed by atoms with van der Waals surface area (Å²) < 4.78 is 0. The summed E-state index contributed by atoms with van der Waals surface area (Å²) in [6.07, 6.45) is 7.05. The molecular weight excluding hydrogens is 266 g/mol. The van der Waals surface area contributed by atoms with Crippen LogP contribution in [0.15, 0.2) is 12.0 Å². The van der Waals surface area contributed by atoms with E-state index in [4.69, 9.17) is 5.41 Å². The molecule has 0 aromatic heterocycles. The Bertz CT molecular complexity index is 445. The van der Waals surface area contributed by atoms with E-state index in [1.807, 2.05) is 20.8 Å². The van der Waals surface area contributed by atoms with E-state index in [0.29, 0.717) is 11.8 Å². The van der Waals surface area contributed by atoms with Gasteiger partial charge in [-0.1, -0.05) is 33.6 Å². The van der Waals surface area contributed by atoms with Crippen LogP contribution >= 0.6 is 0 Å². The minimum Gasteiger partial charge on any atom is -0.494 e. The molecule has 118 valence electrons. The van der Waals surface area contributed by atoms with E-state index < -0.39 is 0 Å². The lowest BCUT2D eigenvalue weighted by Crippen LogP contribution is -2.59. The molecule has 3 N–H and O–H groups in total. The number of amides is 1. The number of hydrogen-bond donors (Lipinski definition) is 3. The fourth-order valence-corrected chi connectivity index (χ4v) is 2.96. The van der Waals surface area contributed by atoms with Crippen molar-refractivity contribution in [1.82, 2.24) is 10.2 Å². The molecule has 0 bridgehead atoms. The molecule has 1 aliphatic carbocycles. The molecule has 21 heavy (non-hydrogen) atoms. The van der Waals surface area contributed by atoms with Crippen LogP contribution in [0.25, 0.3) is 0 Å². The zero-order valence-corrected chi connectivity index (χ0v) is 13.3. The number of hydrogen-bond acceptors (Lipinski definition) is 4. The standard InChI is InChI=1S/C16H27N3O2/c1-16(2,3)13(17)10-14(20)18-15(21)12-8-9-19(12)11-6-4-5-7-11/h10-12,17,20H,4-9H2,1-3H3,(H,18,21)/b14-10-,17-13?/t12-/m0/s1. The summed E-state index contributed by atoms with van der Waals surface area (Å²) in [6, 6.07) is 0.418. The van der Waals surface area contributed by atoms with Gasteiger partial charge in [-0.3, -0.25) is 15.0 Å². The van der Waals surface area contributed by atoms with Crippen molar-refractivity contribution in [3.8, 4) is 0 Å². The third kappa shape index (κ3) is 3.84. The zero-order chi connectivity index (χ0) is 15.6. The molecule has 2 fully saturated rings. The molecule has 2 aliphatic rings. The molecule has 2 rings (SSSR count). The van der Waals surface area contributed by atoms with Crippen LogP contribution in [0.4, 0.5) is 0 Å². The van der Waals surface area contributed by atoms with E-state index in [-0.39, 0.29) is 23.2 Å². The van der Waals surface area contributed by atoms with E-state index in [1.54, 1.807) is 0 Å². The summed E-state index contributed by atoms with van der Waals surface area (Å²) >= 11 is 0. The lowest BCUT2D eigenvalue weighted by Gasteiger charge is -2.43. The molecule has 1 amide bonds. The Kier molecular flexibility index (Phi) is 4.71. The largest absolute Gasteiger partial charge is 0.494 e. The average Bonchev–Trinajstić information content (AvgIpc) is 2.78. The lowest BCUT2D eigenvalue weighted by atomic mass is 9.90. The first-order valence-electron chi connectivity index (χ1n) is 7.85. The highest BCUT2D eigenvalue weighted by Crippen LogP contribution is 2.31. The summed E-state index contributed by atoms with van der Waals surface area (Å²) in [5, 5.41) is 20.2. The molecule has 5 heteroatoms. The Hall–Kier alpha value is -1.36. The number of aliphatic hydroxyl groups excluding tert-OH is 1. The molecule has 1 aliphatic heterocycles. The predicted molar refractivity (Wildman–Crippen MR) is 83.4 cm³/mol. The van der Waals surface area contributed by atoms with E-state index in [0.717, 1.165) is 13.0 Å². The van der Waals surface area contributed by atoms with Crippen LogP contribution in [0.5, 0.6) is 0 Å². The van der Waals surface area contributed by atoms with Gasteiger partial charge in [0.25, 0.3) is 0 Å². The summed E-state index contributed by atoms with van der Waals surface area (Å²) in [5.74, 6) is -0.373. The van der Waals surface area contributed by atoms with Gasteiger partial charge in [0.15, 0.2) is 5.88 Å². The van der Waals surface area contributed by atoms with Gasteiger partial charge < -0.3 is 10.5 Å². The van der Waals surface area contributed by atoms with E-state index >= 15 is 0 Å². The van der Waals surface area contributed by atoms with Crippen molar-refractivity contribution in [3.63, 3.8) is 0 Å². The van der Waals surface area contributed by atoms with Crippen LogP contribution in [-0.2, 0) is 4.79 Å². The van der Waals surface area contributed by atoms with Gasteiger partial charge in [0, 0.05) is 29.8 Å². The van der Waals surface area contributed by atoms with Gasteiger partial charge in [-0.2, -0.15) is 0 Å². The normalized spacial score (nSPS) is 24.7. The van der Waals surface area contributed by atoms with Gasteiger partial charge >= 0.3 is 0 Å². The third-order valence-corrected chi connectivity index (χ3v) is 4.50. The molecule has 1 saturated heterocycles. The number of rotatable bonds is 4. The SMILES string of the molecule is CC(C)(C)C(=N)/C=C(\O)NC(=O)[C@@H]1CCN1C1CCCC1. The van der Waals surface area contributed by atoms with Crippen molar-refractivity contribution in [2.45, 2.75) is 65.0 Å². The van der Waals surface area contributed by atoms with Crippen molar-refractivity contribution in [2.24, 2.45) is 5.41 Å². The topological polar surface area (TPSA) is 76.4 Å². The van der Waals surface area contributed by atoms with E-state index in [1.165, 1.54) is 31.8 Å². The Morgan fingerprint density at radius 3 is 2.38 bits per heavy atom. The average molecular weight is 293 g/mol. The fourth-order valence-electron chi connectivity index (χ4n) is 2.96. The highest BCUT2D eigenvalue weighted by Gasteiger charge is 2.39. The Morgan fingerprint density at radius 2 is 1.90 bits per heavy atom. The van der Waals surface area contributed by atoms with Crippen molar-refractivity contribution in [1.29, 1.82) is 5.41 Å². The first kappa shape index (κ1) is 16.0. The number of carbonyl (C=O) groups is 1. The monoisotopic (exact) mass is 293 g/mol. The first-order valence-corrected chi connectivity index (χ1v) is 7.85. The first-order chi connectivity index (χ1) is 9.79. The predicted octanol–water partition coefficient (Wildman–Crippen LogP) is 2.58. The minimum atomic E-state index is -0.342. The van der Waals surface area contributed by atoms with Gasteiger partial charge in [-0.05, 0) is 19.3 Å². The maximum atomic E-state index is 12.2. The van der Waals surface area contributed by atoms with Crippen molar-refractivity contribution >= 4 is 11.6 Å². The van der Waals surface area contributed by atoms with E-state index in [9.17, 15) is 9.90 Å². The fraction of sp³-hybridized carbons (Fsp3) is 0.750. The molecular formula is C16H27N3O2. The van der Waals surface area contributed by atoms with Gasteiger partial charge in [-0.25, -0.2) is 0 Å². The molecule has 0 radical (unpaired) electrons. The lowest BCUT2D eigenvalue weighted by molar-refractivity contribution is -0.132. The summed E-state index contributed by atoms with van der Waals surface area (Å²) in [5.41, 5.74) is -0.0491. The van der Waals surface area contributed by atoms with Crippen molar-refractivity contribution < 1.29 is 9.90 Å². The quantitative estimate of drug-likeness (QED) is 0.551. The number of nitrogens with one attached hydrogen (secondary N) is 2. The summed E-state index contributed by atoms with van der Waals surface area (Å²) in [6.45, 7) is 6.67. The highest BCUT2D eigenvalue weighted by molar-refractivity contribution is 5.97. The van der Waals surface area contributed by atoms with Crippen LogP contribution < -0.4 is 5.32 Å². The van der Waals surface area contributed by atoms with Gasteiger partial charge in [-0.15, -0.1) is 0 Å². The van der Waals surface area contributed by atoms with Crippen LogP contribution in [0.1, 0.15) is 52.9 Å². The van der Waals surface area contributed by atoms with Gasteiger partial charge in [0.1, 0.15) is 0 Å². The molecule has 1 atom stereocenters. The maximum absolute atomic E-state index is 12.2. The number of allylic oxidation sites excluding steroid dienone is 1. The second-order valence-electron chi connectivity index (χ2n) is 7.16. The molecule has 0 aromatic carbocycles. The molecule has 0 spiro atoms. The highest BCUT2D eigenvalue weighted by atomic mass is 16.3. The van der Waals surface area contributed by atoms with Crippen LogP contribution in [0.3, 0.4) is 0 Å². The van der Waals surface area contributed by atoms with Crippen molar-refractivity contribution in [2.75, 3.05) is 6.54 Å². The van der Waals surface area contributed by atoms with Crippen LogP contribution in [0.2, 0.25) is 0 Å². The Labute approximate surface area is 126 Å². The second-order valence-corrected chi connectivity index (χ2v) is 7.16. The molecule has 5 nitrogen and oxygen atoms in total. The number of likely N-dealkylation sites (tertiary alicyclic amines) is 1.